The number of aryl methyl sites for hydroxylation is 1. The molecule has 4 rings (SSSR count). The molecule has 6 nitrogen and oxygen atoms in total. The van der Waals surface area contributed by atoms with Gasteiger partial charge in [0.05, 0.1) is 23.1 Å². The second-order valence-electron chi connectivity index (χ2n) is 7.07. The zero-order valence-corrected chi connectivity index (χ0v) is 17.3. The Morgan fingerprint density at radius 1 is 1.10 bits per heavy atom. The summed E-state index contributed by atoms with van der Waals surface area (Å²) in [6.45, 7) is 2.69. The Labute approximate surface area is 177 Å². The second-order valence-corrected chi connectivity index (χ2v) is 8.07. The standard InChI is InChI=1S/C23H21N3O3S/c1-15-19-22(25-14-26(23(19)29)13-17-5-3-2-4-6-17)30-20(15)21(28)24-12-11-16-7-9-18(27)10-8-16/h2-10,14,27H,11-13H2,1H3,(H,24,28). The first-order valence-corrected chi connectivity index (χ1v) is 10.4. The molecule has 0 spiro atoms. The summed E-state index contributed by atoms with van der Waals surface area (Å²) < 4.78 is 1.57. The van der Waals surface area contributed by atoms with E-state index in [1.165, 1.54) is 11.3 Å². The minimum Gasteiger partial charge on any atom is -0.508 e. The van der Waals surface area contributed by atoms with Crippen LogP contribution in [0.1, 0.15) is 26.4 Å². The number of benzene rings is 2. The van der Waals surface area contributed by atoms with Crippen molar-refractivity contribution in [1.29, 1.82) is 0 Å². The van der Waals surface area contributed by atoms with Gasteiger partial charge in [0.15, 0.2) is 0 Å². The number of rotatable bonds is 6. The number of thiophene rings is 1. The normalized spacial score (nSPS) is 11.0. The van der Waals surface area contributed by atoms with E-state index >= 15 is 0 Å². The summed E-state index contributed by atoms with van der Waals surface area (Å²) in [4.78, 5) is 31.2. The van der Waals surface area contributed by atoms with Crippen molar-refractivity contribution in [1.82, 2.24) is 14.9 Å². The van der Waals surface area contributed by atoms with Crippen LogP contribution in [0.2, 0.25) is 0 Å². The maximum absolute atomic E-state index is 13.0. The van der Waals surface area contributed by atoms with E-state index in [1.807, 2.05) is 42.5 Å². The van der Waals surface area contributed by atoms with Gasteiger partial charge in [-0.1, -0.05) is 42.5 Å². The number of phenols is 1. The largest absolute Gasteiger partial charge is 0.508 e. The highest BCUT2D eigenvalue weighted by Crippen LogP contribution is 2.26. The molecule has 0 aliphatic heterocycles. The van der Waals surface area contributed by atoms with E-state index in [0.29, 0.717) is 40.2 Å². The van der Waals surface area contributed by atoms with Crippen LogP contribution < -0.4 is 10.9 Å². The SMILES string of the molecule is Cc1c(C(=O)NCCc2ccc(O)cc2)sc2ncn(Cc3ccccc3)c(=O)c12. The molecule has 152 valence electrons. The topological polar surface area (TPSA) is 84.2 Å². The third kappa shape index (κ3) is 4.11. The van der Waals surface area contributed by atoms with Crippen LogP contribution in [0.5, 0.6) is 5.75 Å². The highest BCUT2D eigenvalue weighted by molar-refractivity contribution is 7.20. The number of aromatic nitrogens is 2. The van der Waals surface area contributed by atoms with Gasteiger partial charge in [0.2, 0.25) is 0 Å². The van der Waals surface area contributed by atoms with Gasteiger partial charge in [0.25, 0.3) is 11.5 Å². The summed E-state index contributed by atoms with van der Waals surface area (Å²) >= 11 is 1.24. The summed E-state index contributed by atoms with van der Waals surface area (Å²) in [7, 11) is 0. The molecular weight excluding hydrogens is 398 g/mol. The first kappa shape index (κ1) is 19.8. The molecule has 7 heteroatoms. The summed E-state index contributed by atoms with van der Waals surface area (Å²) in [5.41, 5.74) is 2.56. The highest BCUT2D eigenvalue weighted by atomic mass is 32.1. The molecular formula is C23H21N3O3S. The number of aromatic hydroxyl groups is 1. The third-order valence-electron chi connectivity index (χ3n) is 4.95. The number of fused-ring (bicyclic) bond motifs is 1. The number of hydrogen-bond donors (Lipinski definition) is 2. The van der Waals surface area contributed by atoms with E-state index in [4.69, 9.17) is 0 Å². The Bertz CT molecular complexity index is 1240. The van der Waals surface area contributed by atoms with Gasteiger partial charge >= 0.3 is 0 Å². The number of hydrogen-bond acceptors (Lipinski definition) is 5. The molecule has 0 bridgehead atoms. The molecule has 0 unspecified atom stereocenters. The Hall–Kier alpha value is -3.45. The lowest BCUT2D eigenvalue weighted by atomic mass is 10.1. The first-order chi connectivity index (χ1) is 14.5. The number of carbonyl (C=O) groups excluding carboxylic acids is 1. The van der Waals surface area contributed by atoms with Crippen molar-refractivity contribution in [2.45, 2.75) is 19.9 Å². The van der Waals surface area contributed by atoms with E-state index in [-0.39, 0.29) is 17.2 Å². The molecule has 30 heavy (non-hydrogen) atoms. The number of nitrogens with one attached hydrogen (secondary N) is 1. The van der Waals surface area contributed by atoms with E-state index in [2.05, 4.69) is 10.3 Å². The fourth-order valence-corrected chi connectivity index (χ4v) is 4.39. The number of amides is 1. The lowest BCUT2D eigenvalue weighted by Crippen LogP contribution is -2.25. The van der Waals surface area contributed by atoms with Crippen LogP contribution in [-0.2, 0) is 13.0 Å². The van der Waals surface area contributed by atoms with E-state index < -0.39 is 0 Å². The number of nitrogens with zero attached hydrogens (tertiary/aromatic N) is 2. The Balaban J connectivity index is 1.52. The van der Waals surface area contributed by atoms with Gasteiger partial charge < -0.3 is 10.4 Å². The maximum atomic E-state index is 13.0. The molecule has 0 aliphatic rings. The molecule has 2 heterocycles. The zero-order valence-electron chi connectivity index (χ0n) is 16.5. The van der Waals surface area contributed by atoms with Crippen LogP contribution in [0.4, 0.5) is 0 Å². The molecule has 0 atom stereocenters. The van der Waals surface area contributed by atoms with Gasteiger partial charge in [-0.05, 0) is 42.2 Å². The molecule has 0 aliphatic carbocycles. The van der Waals surface area contributed by atoms with Crippen molar-refractivity contribution in [2.75, 3.05) is 6.54 Å². The number of carbonyl (C=O) groups is 1. The van der Waals surface area contributed by atoms with Gasteiger partial charge in [-0.3, -0.25) is 14.2 Å². The predicted molar refractivity (Wildman–Crippen MR) is 118 cm³/mol. The molecule has 4 aromatic rings. The van der Waals surface area contributed by atoms with Crippen LogP contribution in [0.25, 0.3) is 10.2 Å². The van der Waals surface area contributed by atoms with E-state index in [1.54, 1.807) is 30.0 Å². The van der Waals surface area contributed by atoms with Crippen molar-refractivity contribution in [3.05, 3.63) is 92.8 Å². The fraction of sp³-hybridized carbons (Fsp3) is 0.174. The Morgan fingerprint density at radius 3 is 2.57 bits per heavy atom. The predicted octanol–water partition coefficient (Wildman–Crippen LogP) is 3.49. The van der Waals surface area contributed by atoms with Crippen LogP contribution in [0.15, 0.2) is 65.7 Å². The van der Waals surface area contributed by atoms with Gasteiger partial charge in [-0.2, -0.15) is 0 Å². The lowest BCUT2D eigenvalue weighted by Gasteiger charge is -2.06. The van der Waals surface area contributed by atoms with Crippen LogP contribution >= 0.6 is 11.3 Å². The summed E-state index contributed by atoms with van der Waals surface area (Å²) in [5, 5.41) is 12.8. The third-order valence-corrected chi connectivity index (χ3v) is 6.15. The maximum Gasteiger partial charge on any atom is 0.262 e. The van der Waals surface area contributed by atoms with Crippen molar-refractivity contribution in [2.24, 2.45) is 0 Å². The van der Waals surface area contributed by atoms with Crippen molar-refractivity contribution in [3.8, 4) is 5.75 Å². The Morgan fingerprint density at radius 2 is 1.83 bits per heavy atom. The molecule has 2 N–H and O–H groups in total. The molecule has 0 saturated heterocycles. The van der Waals surface area contributed by atoms with Gasteiger partial charge in [0.1, 0.15) is 10.6 Å². The zero-order chi connectivity index (χ0) is 21.1. The van der Waals surface area contributed by atoms with E-state index in [0.717, 1.165) is 11.1 Å². The van der Waals surface area contributed by atoms with Crippen molar-refractivity contribution < 1.29 is 9.90 Å². The fourth-order valence-electron chi connectivity index (χ4n) is 3.33. The average molecular weight is 420 g/mol. The van der Waals surface area contributed by atoms with Gasteiger partial charge in [-0.15, -0.1) is 11.3 Å². The summed E-state index contributed by atoms with van der Waals surface area (Å²) in [5.74, 6) is 0.0115. The smallest absolute Gasteiger partial charge is 0.262 e. The number of phenolic OH excluding ortho intramolecular Hbond substituents is 1. The van der Waals surface area contributed by atoms with Crippen LogP contribution in [0, 0.1) is 6.92 Å². The minimum atomic E-state index is -0.205. The highest BCUT2D eigenvalue weighted by Gasteiger charge is 2.19. The van der Waals surface area contributed by atoms with Gasteiger partial charge in [0, 0.05) is 6.54 Å². The molecule has 0 fully saturated rings. The Kier molecular flexibility index (Phi) is 5.63. The van der Waals surface area contributed by atoms with Gasteiger partial charge in [-0.25, -0.2) is 4.98 Å². The van der Waals surface area contributed by atoms with Crippen molar-refractivity contribution >= 4 is 27.5 Å². The first-order valence-electron chi connectivity index (χ1n) is 9.61. The molecule has 1 amide bonds. The quantitative estimate of drug-likeness (QED) is 0.501. The minimum absolute atomic E-state index is 0.138. The van der Waals surface area contributed by atoms with E-state index in [9.17, 15) is 14.7 Å². The lowest BCUT2D eigenvalue weighted by molar-refractivity contribution is 0.0957. The molecule has 0 saturated carbocycles. The summed E-state index contributed by atoms with van der Waals surface area (Å²) in [6.07, 6.45) is 2.19. The molecule has 2 aromatic carbocycles. The van der Waals surface area contributed by atoms with Crippen LogP contribution in [-0.4, -0.2) is 27.1 Å². The summed E-state index contributed by atoms with van der Waals surface area (Å²) in [6, 6.07) is 16.6. The molecule has 2 aromatic heterocycles. The van der Waals surface area contributed by atoms with Crippen molar-refractivity contribution in [3.63, 3.8) is 0 Å². The van der Waals surface area contributed by atoms with Crippen LogP contribution in [0.3, 0.4) is 0 Å². The monoisotopic (exact) mass is 419 g/mol. The average Bonchev–Trinajstić information content (AvgIpc) is 3.09. The second kappa shape index (κ2) is 8.51. The molecule has 0 radical (unpaired) electrons.